The van der Waals surface area contributed by atoms with Crippen LogP contribution in [-0.4, -0.2) is 21.4 Å². The highest BCUT2D eigenvalue weighted by Gasteiger charge is 2.16. The van der Waals surface area contributed by atoms with Crippen molar-refractivity contribution in [1.82, 2.24) is 5.06 Å². The van der Waals surface area contributed by atoms with Gasteiger partial charge in [-0.15, -0.1) is 0 Å². The van der Waals surface area contributed by atoms with Crippen molar-refractivity contribution in [2.45, 2.75) is 23.8 Å². The van der Waals surface area contributed by atoms with Crippen molar-refractivity contribution in [3.63, 3.8) is 0 Å². The summed E-state index contributed by atoms with van der Waals surface area (Å²) in [4.78, 5) is 0. The van der Waals surface area contributed by atoms with E-state index < -0.39 is 23.8 Å². The smallest absolute Gasteiger partial charge is 0.313 e. The number of hydrogen-bond donors (Lipinski definition) is 1. The molecule has 0 aromatic rings. The van der Waals surface area contributed by atoms with Crippen LogP contribution in [0.2, 0.25) is 0 Å². The third-order valence-corrected chi connectivity index (χ3v) is 3.74. The molecule has 0 aromatic carbocycles. The van der Waals surface area contributed by atoms with Crippen molar-refractivity contribution in [2.75, 3.05) is 7.05 Å². The summed E-state index contributed by atoms with van der Waals surface area (Å²) in [7, 11) is 1.36. The maximum atomic E-state index is 10.5. The quantitative estimate of drug-likeness (QED) is 0.361. The Morgan fingerprint density at radius 2 is 2.10 bits per heavy atom. The predicted octanol–water partition coefficient (Wildman–Crippen LogP) is 1.63. The SMILES string of the molecule is CCCC(N(C)O)I(=O)=O. The molecule has 0 aromatic heterocycles. The van der Waals surface area contributed by atoms with Gasteiger partial charge in [0.25, 0.3) is 0 Å². The summed E-state index contributed by atoms with van der Waals surface area (Å²) in [6, 6.07) is 0. The van der Waals surface area contributed by atoms with Crippen LogP contribution in [-0.2, 0) is 6.14 Å². The summed E-state index contributed by atoms with van der Waals surface area (Å²) in [5, 5.41) is 9.56. The van der Waals surface area contributed by atoms with Gasteiger partial charge in [0.05, 0.1) is 0 Å². The molecule has 4 nitrogen and oxygen atoms in total. The third kappa shape index (κ3) is 3.43. The zero-order chi connectivity index (χ0) is 8.15. The largest absolute Gasteiger partial charge is 0.327 e. The van der Waals surface area contributed by atoms with E-state index in [9.17, 15) is 6.14 Å². The summed E-state index contributed by atoms with van der Waals surface area (Å²) in [5.74, 6) is 0. The molecule has 0 radical (unpaired) electrons. The Hall–Kier alpha value is 0.250. The van der Waals surface area contributed by atoms with Crippen LogP contribution in [0.3, 0.4) is 0 Å². The van der Waals surface area contributed by atoms with Gasteiger partial charge in [-0.25, -0.2) is 6.14 Å². The van der Waals surface area contributed by atoms with Crippen molar-refractivity contribution in [2.24, 2.45) is 0 Å². The maximum Gasteiger partial charge on any atom is 0.327 e. The standard InChI is InChI=1S/C5H12INO3/c1-3-4-5(6(8)9)7(2)10/h5,10H,3-4H2,1-2H3. The molecular weight excluding hydrogens is 249 g/mol. The van der Waals surface area contributed by atoms with E-state index in [0.29, 0.717) is 6.42 Å². The van der Waals surface area contributed by atoms with Gasteiger partial charge in [0.15, 0.2) is 0 Å². The van der Waals surface area contributed by atoms with Crippen molar-refractivity contribution in [1.29, 1.82) is 0 Å². The van der Waals surface area contributed by atoms with Crippen LogP contribution < -0.4 is 0 Å². The molecule has 10 heavy (non-hydrogen) atoms. The molecule has 0 heterocycles. The van der Waals surface area contributed by atoms with Gasteiger partial charge in [-0.1, -0.05) is 13.3 Å². The zero-order valence-electron chi connectivity index (χ0n) is 6.08. The minimum Gasteiger partial charge on any atom is -0.313 e. The van der Waals surface area contributed by atoms with Gasteiger partial charge in [0.2, 0.25) is 0 Å². The van der Waals surface area contributed by atoms with Crippen molar-refractivity contribution in [3.05, 3.63) is 0 Å². The topological polar surface area (TPSA) is 57.6 Å². The first kappa shape index (κ1) is 10.2. The second kappa shape index (κ2) is 4.97. The first-order valence-corrected chi connectivity index (χ1v) is 6.05. The molecule has 0 spiro atoms. The van der Waals surface area contributed by atoms with Crippen LogP contribution in [0.1, 0.15) is 19.8 Å². The lowest BCUT2D eigenvalue weighted by atomic mass is 10.3. The monoisotopic (exact) mass is 261 g/mol. The van der Waals surface area contributed by atoms with Crippen LogP contribution >= 0.6 is 19.8 Å². The van der Waals surface area contributed by atoms with E-state index in [2.05, 4.69) is 0 Å². The van der Waals surface area contributed by atoms with Gasteiger partial charge >= 0.3 is 19.8 Å². The highest BCUT2D eigenvalue weighted by Crippen LogP contribution is 2.21. The fraction of sp³-hybridized carbons (Fsp3) is 1.00. The van der Waals surface area contributed by atoms with E-state index in [4.69, 9.17) is 5.21 Å². The molecule has 0 amide bonds. The predicted molar refractivity (Wildman–Crippen MR) is 43.6 cm³/mol. The second-order valence-electron chi connectivity index (χ2n) is 2.04. The Morgan fingerprint density at radius 1 is 1.60 bits per heavy atom. The molecule has 5 heteroatoms. The molecule has 1 unspecified atom stereocenters. The third-order valence-electron chi connectivity index (χ3n) is 1.14. The Bertz CT molecular complexity index is 147. The Kier molecular flexibility index (Phi) is 5.10. The summed E-state index contributed by atoms with van der Waals surface area (Å²) in [6.45, 7) is 1.89. The van der Waals surface area contributed by atoms with E-state index in [1.807, 2.05) is 6.92 Å². The summed E-state index contributed by atoms with van der Waals surface area (Å²) in [6.07, 6.45) is 1.29. The Labute approximate surface area is 67.3 Å². The second-order valence-corrected chi connectivity index (χ2v) is 4.85. The van der Waals surface area contributed by atoms with Crippen LogP contribution in [0.5, 0.6) is 0 Å². The summed E-state index contributed by atoms with van der Waals surface area (Å²) >= 11 is -3.34. The molecule has 0 saturated heterocycles. The van der Waals surface area contributed by atoms with Gasteiger partial charge < -0.3 is 5.21 Å². The lowest BCUT2D eigenvalue weighted by Gasteiger charge is -2.13. The van der Waals surface area contributed by atoms with Crippen LogP contribution in [0.15, 0.2) is 0 Å². The molecule has 1 N–H and O–H groups in total. The number of nitrogens with zero attached hydrogens (tertiary/aromatic N) is 1. The molecule has 0 aliphatic carbocycles. The fourth-order valence-electron chi connectivity index (χ4n) is 0.629. The maximum absolute atomic E-state index is 10.5. The van der Waals surface area contributed by atoms with Crippen molar-refractivity contribution < 1.29 is 11.3 Å². The van der Waals surface area contributed by atoms with Crippen molar-refractivity contribution in [3.8, 4) is 0 Å². The Morgan fingerprint density at radius 3 is 2.20 bits per heavy atom. The van der Waals surface area contributed by atoms with Gasteiger partial charge in [-0.3, -0.25) is 0 Å². The van der Waals surface area contributed by atoms with Gasteiger partial charge in [0, 0.05) is 7.05 Å². The molecule has 0 aliphatic heterocycles. The normalized spacial score (nSPS) is 14.5. The lowest BCUT2D eigenvalue weighted by molar-refractivity contribution is -0.0724. The summed E-state index contributed by atoms with van der Waals surface area (Å²) < 4.78 is 20.3. The zero-order valence-corrected chi connectivity index (χ0v) is 8.24. The van der Waals surface area contributed by atoms with E-state index in [0.717, 1.165) is 11.5 Å². The van der Waals surface area contributed by atoms with E-state index >= 15 is 0 Å². The van der Waals surface area contributed by atoms with Crippen molar-refractivity contribution >= 4 is 19.8 Å². The first-order chi connectivity index (χ1) is 4.59. The molecular formula is C5H12INO3. The highest BCUT2D eigenvalue weighted by atomic mass is 127. The first-order valence-electron chi connectivity index (χ1n) is 3.05. The van der Waals surface area contributed by atoms with Gasteiger partial charge in [-0.05, 0) is 6.42 Å². The minimum absolute atomic E-state index is 0.519. The van der Waals surface area contributed by atoms with E-state index in [1.165, 1.54) is 7.05 Å². The average Bonchev–Trinajstić information content (AvgIpc) is 1.81. The molecule has 62 valence electrons. The molecule has 1 atom stereocenters. The number of halogens is 1. The van der Waals surface area contributed by atoms with E-state index in [-0.39, 0.29) is 0 Å². The van der Waals surface area contributed by atoms with Crippen LogP contribution in [0, 0.1) is 0 Å². The highest BCUT2D eigenvalue weighted by molar-refractivity contribution is 14.2. The number of rotatable bonds is 4. The van der Waals surface area contributed by atoms with Gasteiger partial charge in [-0.2, -0.15) is 5.06 Å². The molecule has 0 rings (SSSR count). The number of hydroxylamine groups is 2. The molecule has 0 fully saturated rings. The Balaban J connectivity index is 3.98. The molecule has 0 saturated carbocycles. The van der Waals surface area contributed by atoms with Crippen LogP contribution in [0.25, 0.3) is 0 Å². The molecule has 0 bridgehead atoms. The summed E-state index contributed by atoms with van der Waals surface area (Å²) in [5.41, 5.74) is 0. The van der Waals surface area contributed by atoms with Gasteiger partial charge in [0.1, 0.15) is 4.05 Å². The fourth-order valence-corrected chi connectivity index (χ4v) is 2.42. The van der Waals surface area contributed by atoms with E-state index in [1.54, 1.807) is 0 Å². The minimum atomic E-state index is -3.34. The average molecular weight is 261 g/mol. The molecule has 0 aliphatic rings. The number of alkyl halides is 1. The lowest BCUT2D eigenvalue weighted by Crippen LogP contribution is -2.23. The number of hydrogen-bond acceptors (Lipinski definition) is 4. The van der Waals surface area contributed by atoms with Crippen LogP contribution in [0.4, 0.5) is 0 Å².